The third kappa shape index (κ3) is 3.33. The molecule has 4 rings (SSSR count). The molecule has 2 atom stereocenters. The number of halogens is 3. The Kier molecular flexibility index (Phi) is 4.81. The predicted molar refractivity (Wildman–Crippen MR) is 116 cm³/mol. The van der Waals surface area contributed by atoms with Crippen molar-refractivity contribution in [2.24, 2.45) is 5.41 Å². The van der Waals surface area contributed by atoms with Crippen molar-refractivity contribution in [3.63, 3.8) is 0 Å². The molecule has 156 valence electrons. The van der Waals surface area contributed by atoms with Crippen molar-refractivity contribution < 1.29 is 18.5 Å². The van der Waals surface area contributed by atoms with Gasteiger partial charge in [0.2, 0.25) is 0 Å². The molecule has 0 aromatic heterocycles. The van der Waals surface area contributed by atoms with Crippen LogP contribution in [0.3, 0.4) is 0 Å². The second-order valence-corrected chi connectivity index (χ2v) is 8.95. The van der Waals surface area contributed by atoms with Crippen LogP contribution in [-0.2, 0) is 6.18 Å². The first kappa shape index (κ1) is 20.7. The lowest BCUT2D eigenvalue weighted by molar-refractivity contribution is -0.648. The maximum atomic E-state index is 13.7. The van der Waals surface area contributed by atoms with Gasteiger partial charge in [0.25, 0.3) is 0 Å². The lowest BCUT2D eigenvalue weighted by Gasteiger charge is -2.40. The molecule has 1 heterocycles. The van der Waals surface area contributed by atoms with E-state index in [0.29, 0.717) is 16.4 Å². The molecule has 0 spiro atoms. The molecule has 2 unspecified atom stereocenters. The van der Waals surface area contributed by atoms with Crippen molar-refractivity contribution in [1.29, 1.82) is 0 Å². The van der Waals surface area contributed by atoms with Crippen LogP contribution in [0.5, 0.6) is 0 Å². The van der Waals surface area contributed by atoms with Crippen molar-refractivity contribution in [1.82, 2.24) is 0 Å². The number of allylic oxidation sites excluding steroid dienone is 2. The summed E-state index contributed by atoms with van der Waals surface area (Å²) in [6, 6.07) is 9.18. The highest BCUT2D eigenvalue weighted by Gasteiger charge is 2.44. The van der Waals surface area contributed by atoms with Gasteiger partial charge in [0.1, 0.15) is 6.04 Å². The van der Waals surface area contributed by atoms with Crippen molar-refractivity contribution in [2.75, 3.05) is 0 Å². The van der Waals surface area contributed by atoms with Crippen LogP contribution in [0.2, 0.25) is 0 Å². The molecule has 0 saturated heterocycles. The number of benzene rings is 2. The van der Waals surface area contributed by atoms with E-state index in [9.17, 15) is 13.2 Å². The zero-order valence-corrected chi connectivity index (χ0v) is 17.8. The molecule has 1 aliphatic heterocycles. The fourth-order valence-electron chi connectivity index (χ4n) is 5.06. The minimum atomic E-state index is -4.40. The van der Waals surface area contributed by atoms with E-state index in [1.165, 1.54) is 28.8 Å². The maximum Gasteiger partial charge on any atom is 0.416 e. The molecule has 2 aromatic carbocycles. The van der Waals surface area contributed by atoms with Crippen LogP contribution in [0, 0.1) is 19.3 Å². The number of hydrogen-bond donors (Lipinski definition) is 1. The summed E-state index contributed by atoms with van der Waals surface area (Å²) in [6.07, 6.45) is 2.46. The second-order valence-electron chi connectivity index (χ2n) is 8.95. The van der Waals surface area contributed by atoms with E-state index < -0.39 is 11.7 Å². The van der Waals surface area contributed by atoms with Gasteiger partial charge in [-0.15, -0.1) is 0 Å². The van der Waals surface area contributed by atoms with Gasteiger partial charge < -0.3 is 5.32 Å². The van der Waals surface area contributed by atoms with Crippen molar-refractivity contribution in [2.45, 2.75) is 46.3 Å². The van der Waals surface area contributed by atoms with Crippen molar-refractivity contribution in [3.05, 3.63) is 87.4 Å². The third-order valence-corrected chi connectivity index (χ3v) is 6.46. The van der Waals surface area contributed by atoms with Gasteiger partial charge in [-0.25, -0.2) is 0 Å². The Morgan fingerprint density at radius 1 is 1.10 bits per heavy atom. The molecule has 0 amide bonds. The average molecular weight is 411 g/mol. The summed E-state index contributed by atoms with van der Waals surface area (Å²) in [5.41, 5.74) is 4.88. The van der Waals surface area contributed by atoms with E-state index in [2.05, 4.69) is 56.9 Å². The number of nitrogens with two attached hydrogens (primary N) is 1. The second kappa shape index (κ2) is 6.98. The molecular weight excluding hydrogens is 383 g/mol. The number of hydrogen-bond acceptors (Lipinski definition) is 0. The molecule has 2 N–H and O–H groups in total. The number of aryl methyl sites for hydroxylation is 2. The van der Waals surface area contributed by atoms with Gasteiger partial charge in [-0.1, -0.05) is 47.6 Å². The fourth-order valence-corrected chi connectivity index (χ4v) is 5.06. The van der Waals surface area contributed by atoms with E-state index in [0.717, 1.165) is 17.2 Å². The number of alkyl halides is 3. The standard InChI is InChI=1S/C26H26F3N/c1-15(2)21-13-19(26(27,28)29)14-22-20(21)6-8-25(5)23(22)7-9-30-24(25)18-11-16(3)10-17(4)12-18/h6-7,9-14,24,30H,1,8H2,2-5H3/p+1. The van der Waals surface area contributed by atoms with E-state index in [1.54, 1.807) is 6.92 Å². The first-order valence-electron chi connectivity index (χ1n) is 10.2. The van der Waals surface area contributed by atoms with E-state index >= 15 is 0 Å². The monoisotopic (exact) mass is 410 g/mol. The van der Waals surface area contributed by atoms with Gasteiger partial charge in [0, 0.05) is 5.56 Å². The molecule has 1 aliphatic carbocycles. The minimum absolute atomic E-state index is 0.100. The van der Waals surface area contributed by atoms with Gasteiger partial charge >= 0.3 is 6.18 Å². The Morgan fingerprint density at radius 3 is 2.37 bits per heavy atom. The summed E-state index contributed by atoms with van der Waals surface area (Å²) in [5, 5.41) is 3.73. The molecule has 0 fully saturated rings. The lowest BCUT2D eigenvalue weighted by atomic mass is 9.66. The van der Waals surface area contributed by atoms with Crippen LogP contribution in [-0.4, -0.2) is 0 Å². The minimum Gasteiger partial charge on any atom is -0.313 e. The highest BCUT2D eigenvalue weighted by Crippen LogP contribution is 2.45. The summed E-state index contributed by atoms with van der Waals surface area (Å²) in [5.74, 6) is 0. The molecule has 4 heteroatoms. The Labute approximate surface area is 175 Å². The Morgan fingerprint density at radius 2 is 1.77 bits per heavy atom. The van der Waals surface area contributed by atoms with Crippen LogP contribution >= 0.6 is 0 Å². The molecule has 0 radical (unpaired) electrons. The summed E-state index contributed by atoms with van der Waals surface area (Å²) < 4.78 is 41.0. The van der Waals surface area contributed by atoms with Gasteiger partial charge in [-0.05, 0) is 73.9 Å². The molecule has 30 heavy (non-hydrogen) atoms. The number of quaternary nitrogens is 1. The summed E-state index contributed by atoms with van der Waals surface area (Å²) in [6.45, 7) is 12.0. The number of rotatable bonds is 2. The van der Waals surface area contributed by atoms with E-state index in [4.69, 9.17) is 0 Å². The summed E-state index contributed by atoms with van der Waals surface area (Å²) in [7, 11) is 0. The first-order valence-corrected chi connectivity index (χ1v) is 10.2. The molecule has 0 bridgehead atoms. The predicted octanol–water partition coefficient (Wildman–Crippen LogP) is 4.53. The molecular formula is C26H27F3N+. The topological polar surface area (TPSA) is 16.6 Å². The smallest absolute Gasteiger partial charge is 0.313 e. The van der Waals surface area contributed by atoms with Crippen LogP contribution in [0.4, 0.5) is 13.2 Å². The summed E-state index contributed by atoms with van der Waals surface area (Å²) >= 11 is 0. The highest BCUT2D eigenvalue weighted by atomic mass is 19.4. The van der Waals surface area contributed by atoms with Crippen LogP contribution < -0.4 is 15.8 Å². The molecule has 1 nitrogen and oxygen atoms in total. The van der Waals surface area contributed by atoms with Crippen molar-refractivity contribution in [3.8, 4) is 0 Å². The van der Waals surface area contributed by atoms with Gasteiger partial charge in [0.05, 0.1) is 17.2 Å². The van der Waals surface area contributed by atoms with E-state index in [1.807, 2.05) is 12.3 Å². The summed E-state index contributed by atoms with van der Waals surface area (Å²) in [4.78, 5) is 0. The maximum absolute atomic E-state index is 13.7. The fraction of sp³-hybridized carbons (Fsp3) is 0.308. The Balaban J connectivity index is 2.02. The Hall–Kier alpha value is -2.59. The van der Waals surface area contributed by atoms with Crippen molar-refractivity contribution >= 4 is 17.2 Å². The largest absolute Gasteiger partial charge is 0.416 e. The molecule has 2 aliphatic rings. The van der Waals surface area contributed by atoms with Gasteiger partial charge in [-0.2, -0.15) is 13.2 Å². The highest BCUT2D eigenvalue weighted by molar-refractivity contribution is 5.72. The van der Waals surface area contributed by atoms with Gasteiger partial charge in [0.15, 0.2) is 0 Å². The van der Waals surface area contributed by atoms with Crippen LogP contribution in [0.25, 0.3) is 17.2 Å². The van der Waals surface area contributed by atoms with Crippen LogP contribution in [0.1, 0.15) is 54.1 Å². The molecule has 2 aromatic rings. The number of fused-ring (bicyclic) bond motifs is 2. The zero-order chi connectivity index (χ0) is 21.8. The quantitative estimate of drug-likeness (QED) is 0.749. The molecule has 0 saturated carbocycles. The Bertz CT molecular complexity index is 1180. The normalized spacial score (nSPS) is 22.9. The van der Waals surface area contributed by atoms with E-state index in [-0.39, 0.29) is 11.5 Å². The average Bonchev–Trinajstić information content (AvgIpc) is 2.64. The zero-order valence-electron chi connectivity index (χ0n) is 17.8. The first-order chi connectivity index (χ1) is 14.0. The van der Waals surface area contributed by atoms with Gasteiger partial charge in [-0.3, -0.25) is 0 Å². The SMILES string of the molecule is C=C(C)c1cc(C(F)(F)F)cc2c1=CCC1(C)C=2C=C[NH2+]C1c1cc(C)cc(C)c1. The van der Waals surface area contributed by atoms with Crippen LogP contribution in [0.15, 0.2) is 49.2 Å². The lowest BCUT2D eigenvalue weighted by Crippen LogP contribution is -2.84. The third-order valence-electron chi connectivity index (χ3n) is 6.46.